The van der Waals surface area contributed by atoms with Crippen molar-refractivity contribution >= 4 is 16.8 Å². The number of carbonyl (C=O) groups excluding carboxylic acids is 1. The zero-order valence-electron chi connectivity index (χ0n) is 12.0. The van der Waals surface area contributed by atoms with E-state index in [-0.39, 0.29) is 11.9 Å². The summed E-state index contributed by atoms with van der Waals surface area (Å²) >= 11 is 0. The summed E-state index contributed by atoms with van der Waals surface area (Å²) in [5.74, 6) is 0.963. The Balaban J connectivity index is 2.07. The van der Waals surface area contributed by atoms with Crippen LogP contribution in [0.2, 0.25) is 0 Å². The number of methoxy groups -OCH3 is 1. The lowest BCUT2D eigenvalue weighted by Crippen LogP contribution is -2.30. The summed E-state index contributed by atoms with van der Waals surface area (Å²) in [4.78, 5) is 15.2. The number of amides is 1. The maximum Gasteiger partial charge on any atom is 0.220 e. The third-order valence-corrected chi connectivity index (χ3v) is 4.05. The smallest absolute Gasteiger partial charge is 0.220 e. The van der Waals surface area contributed by atoms with Crippen LogP contribution >= 0.6 is 0 Å². The van der Waals surface area contributed by atoms with Crippen LogP contribution in [0.4, 0.5) is 0 Å². The first-order valence-electron chi connectivity index (χ1n) is 7.20. The molecule has 1 heterocycles. The van der Waals surface area contributed by atoms with E-state index in [1.807, 2.05) is 19.1 Å². The van der Waals surface area contributed by atoms with Crippen molar-refractivity contribution < 1.29 is 9.53 Å². The molecule has 2 N–H and O–H groups in total. The number of aromatic nitrogens is 1. The lowest BCUT2D eigenvalue weighted by molar-refractivity contribution is -0.121. The molecule has 0 aliphatic heterocycles. The van der Waals surface area contributed by atoms with Gasteiger partial charge in [0.15, 0.2) is 0 Å². The number of aromatic amines is 1. The van der Waals surface area contributed by atoms with Crippen LogP contribution in [0.25, 0.3) is 10.9 Å². The number of hydrogen-bond donors (Lipinski definition) is 2. The van der Waals surface area contributed by atoms with Gasteiger partial charge in [0.05, 0.1) is 13.2 Å². The molecule has 1 aliphatic carbocycles. The van der Waals surface area contributed by atoms with Gasteiger partial charge in [-0.3, -0.25) is 4.79 Å². The van der Waals surface area contributed by atoms with E-state index in [4.69, 9.17) is 4.74 Å². The fraction of sp³-hybridized carbons (Fsp3) is 0.438. The molecule has 1 atom stereocenters. The predicted octanol–water partition coefficient (Wildman–Crippen LogP) is 3.08. The molecule has 3 rings (SSSR count). The molecule has 0 bridgehead atoms. The van der Waals surface area contributed by atoms with E-state index in [2.05, 4.69) is 16.4 Å². The van der Waals surface area contributed by atoms with Gasteiger partial charge in [-0.05, 0) is 37.5 Å². The van der Waals surface area contributed by atoms with Gasteiger partial charge in [0.25, 0.3) is 0 Å². The first-order chi connectivity index (χ1) is 9.72. The third-order valence-electron chi connectivity index (χ3n) is 4.05. The zero-order valence-corrected chi connectivity index (χ0v) is 12.0. The highest BCUT2D eigenvalue weighted by Crippen LogP contribution is 2.37. The number of hydrogen-bond acceptors (Lipinski definition) is 2. The Kier molecular flexibility index (Phi) is 3.38. The van der Waals surface area contributed by atoms with E-state index in [1.165, 1.54) is 16.6 Å². The molecule has 0 spiro atoms. The predicted molar refractivity (Wildman–Crippen MR) is 79.0 cm³/mol. The fourth-order valence-electron chi connectivity index (χ4n) is 3.04. The van der Waals surface area contributed by atoms with Crippen molar-refractivity contribution in [3.05, 3.63) is 29.5 Å². The molecule has 106 valence electrons. The van der Waals surface area contributed by atoms with Crippen LogP contribution in [0.1, 0.15) is 43.5 Å². The summed E-state index contributed by atoms with van der Waals surface area (Å²) in [7, 11) is 1.68. The molecule has 4 heteroatoms. The van der Waals surface area contributed by atoms with Gasteiger partial charge in [-0.2, -0.15) is 0 Å². The van der Waals surface area contributed by atoms with Gasteiger partial charge < -0.3 is 15.0 Å². The highest BCUT2D eigenvalue weighted by molar-refractivity contribution is 5.87. The van der Waals surface area contributed by atoms with E-state index in [0.29, 0.717) is 6.42 Å². The van der Waals surface area contributed by atoms with Crippen molar-refractivity contribution in [1.82, 2.24) is 10.3 Å². The molecule has 0 saturated heterocycles. The Morgan fingerprint density at radius 3 is 3.10 bits per heavy atom. The van der Waals surface area contributed by atoms with Gasteiger partial charge in [-0.1, -0.05) is 6.92 Å². The molecular weight excluding hydrogens is 252 g/mol. The summed E-state index contributed by atoms with van der Waals surface area (Å²) in [6.07, 6.45) is 3.68. The van der Waals surface area contributed by atoms with Crippen LogP contribution < -0.4 is 10.1 Å². The minimum Gasteiger partial charge on any atom is -0.497 e. The molecule has 2 aromatic rings. The molecule has 1 unspecified atom stereocenters. The van der Waals surface area contributed by atoms with Gasteiger partial charge >= 0.3 is 0 Å². The quantitative estimate of drug-likeness (QED) is 0.902. The number of carbonyl (C=O) groups is 1. The Morgan fingerprint density at radius 2 is 2.35 bits per heavy atom. The number of benzene rings is 1. The maximum atomic E-state index is 11.7. The standard InChI is InChI=1S/C16H20N2O2/c1-3-15(19)18-14-6-4-5-13-16(14)11-9-10(20-2)7-8-12(11)17-13/h7-9,14,17H,3-6H2,1-2H3,(H,18,19). The van der Waals surface area contributed by atoms with Crippen molar-refractivity contribution in [2.45, 2.75) is 38.6 Å². The fourth-order valence-corrected chi connectivity index (χ4v) is 3.04. The summed E-state index contributed by atoms with van der Waals surface area (Å²) in [5.41, 5.74) is 3.61. The minimum atomic E-state index is 0.111. The number of fused-ring (bicyclic) bond motifs is 3. The normalized spacial score (nSPS) is 17.8. The number of H-pyrrole nitrogens is 1. The monoisotopic (exact) mass is 272 g/mol. The topological polar surface area (TPSA) is 54.1 Å². The Labute approximate surface area is 118 Å². The van der Waals surface area contributed by atoms with Crippen molar-refractivity contribution in [3.63, 3.8) is 0 Å². The van der Waals surface area contributed by atoms with Gasteiger partial charge in [0, 0.05) is 28.6 Å². The van der Waals surface area contributed by atoms with Crippen molar-refractivity contribution in [3.8, 4) is 5.75 Å². The average molecular weight is 272 g/mol. The van der Waals surface area contributed by atoms with E-state index >= 15 is 0 Å². The Bertz CT molecular complexity index is 645. The summed E-state index contributed by atoms with van der Waals surface area (Å²) in [5, 5.41) is 4.31. The summed E-state index contributed by atoms with van der Waals surface area (Å²) in [6.45, 7) is 1.89. The van der Waals surface area contributed by atoms with E-state index < -0.39 is 0 Å². The number of nitrogens with one attached hydrogen (secondary N) is 2. The molecule has 1 aromatic heterocycles. The SMILES string of the molecule is CCC(=O)NC1CCCc2[nH]c3ccc(OC)cc3c21. The van der Waals surface area contributed by atoms with E-state index in [1.54, 1.807) is 7.11 Å². The van der Waals surface area contributed by atoms with Crippen molar-refractivity contribution in [1.29, 1.82) is 0 Å². The highest BCUT2D eigenvalue weighted by atomic mass is 16.5. The molecule has 0 radical (unpaired) electrons. The van der Waals surface area contributed by atoms with Gasteiger partial charge in [-0.15, -0.1) is 0 Å². The van der Waals surface area contributed by atoms with Crippen molar-refractivity contribution in [2.75, 3.05) is 7.11 Å². The molecule has 0 saturated carbocycles. The van der Waals surface area contributed by atoms with Crippen LogP contribution in [-0.4, -0.2) is 18.0 Å². The second kappa shape index (κ2) is 5.19. The largest absolute Gasteiger partial charge is 0.497 e. The van der Waals surface area contributed by atoms with Crippen LogP contribution in [0, 0.1) is 0 Å². The Morgan fingerprint density at radius 1 is 1.50 bits per heavy atom. The van der Waals surface area contributed by atoms with Gasteiger partial charge in [-0.25, -0.2) is 0 Å². The molecule has 1 aromatic carbocycles. The molecule has 1 aliphatic rings. The van der Waals surface area contributed by atoms with Crippen molar-refractivity contribution in [2.24, 2.45) is 0 Å². The molecule has 4 nitrogen and oxygen atoms in total. The van der Waals surface area contributed by atoms with Crippen LogP contribution in [-0.2, 0) is 11.2 Å². The molecule has 20 heavy (non-hydrogen) atoms. The molecular formula is C16H20N2O2. The molecule has 0 fully saturated rings. The van der Waals surface area contributed by atoms with Crippen LogP contribution in [0.15, 0.2) is 18.2 Å². The lowest BCUT2D eigenvalue weighted by atomic mass is 9.90. The van der Waals surface area contributed by atoms with Crippen LogP contribution in [0.5, 0.6) is 5.75 Å². The number of ether oxygens (including phenoxy) is 1. The van der Waals surface area contributed by atoms with E-state index in [0.717, 1.165) is 30.5 Å². The Hall–Kier alpha value is -1.97. The number of rotatable bonds is 3. The van der Waals surface area contributed by atoms with E-state index in [9.17, 15) is 4.79 Å². The first-order valence-corrected chi connectivity index (χ1v) is 7.20. The van der Waals surface area contributed by atoms with Crippen LogP contribution in [0.3, 0.4) is 0 Å². The maximum absolute atomic E-state index is 11.7. The lowest BCUT2D eigenvalue weighted by Gasteiger charge is -2.24. The summed E-state index contributed by atoms with van der Waals surface area (Å²) < 4.78 is 5.32. The first kappa shape index (κ1) is 13.0. The number of aryl methyl sites for hydroxylation is 1. The highest BCUT2D eigenvalue weighted by Gasteiger charge is 2.25. The summed E-state index contributed by atoms with van der Waals surface area (Å²) in [6, 6.07) is 6.18. The second-order valence-electron chi connectivity index (χ2n) is 5.29. The minimum absolute atomic E-state index is 0.111. The zero-order chi connectivity index (χ0) is 14.1. The average Bonchev–Trinajstić information content (AvgIpc) is 2.85. The van der Waals surface area contributed by atoms with Gasteiger partial charge in [0.1, 0.15) is 5.75 Å². The van der Waals surface area contributed by atoms with Gasteiger partial charge in [0.2, 0.25) is 5.91 Å². The molecule has 1 amide bonds. The third kappa shape index (κ3) is 2.15. The second-order valence-corrected chi connectivity index (χ2v) is 5.29.